The van der Waals surface area contributed by atoms with Gasteiger partial charge in [-0.25, -0.2) is 0 Å². The van der Waals surface area contributed by atoms with Gasteiger partial charge in [-0.1, -0.05) is 48.0 Å². The Morgan fingerprint density at radius 2 is 1.95 bits per heavy atom. The van der Waals surface area contributed by atoms with Crippen LogP contribution < -0.4 is 9.47 Å². The third kappa shape index (κ3) is 3.62. The van der Waals surface area contributed by atoms with Crippen LogP contribution in [0.4, 0.5) is 0 Å². The molecule has 3 nitrogen and oxygen atoms in total. The molecule has 0 fully saturated rings. The number of nitrogens with zero attached hydrogens (tertiary/aromatic N) is 1. The monoisotopic (exact) mass is 315 g/mol. The molecule has 0 amide bonds. The highest BCUT2D eigenvalue weighted by Crippen LogP contribution is 2.32. The topological polar surface area (TPSA) is 21.7 Å². The average molecular weight is 316 g/mol. The highest BCUT2D eigenvalue weighted by molar-refractivity contribution is 6.32. The van der Waals surface area contributed by atoms with Crippen LogP contribution in [0.25, 0.3) is 6.08 Å². The number of rotatable bonds is 5. The summed E-state index contributed by atoms with van der Waals surface area (Å²) in [5.74, 6) is 1.66. The molecule has 3 rings (SSSR count). The summed E-state index contributed by atoms with van der Waals surface area (Å²) in [5.41, 5.74) is 2.25. The number of ether oxygens (including phenoxy) is 2. The van der Waals surface area contributed by atoms with E-state index in [-0.39, 0.29) is 0 Å². The van der Waals surface area contributed by atoms with Gasteiger partial charge < -0.3 is 9.47 Å². The van der Waals surface area contributed by atoms with E-state index in [0.717, 1.165) is 35.2 Å². The first-order chi connectivity index (χ1) is 10.7. The quantitative estimate of drug-likeness (QED) is 0.825. The van der Waals surface area contributed by atoms with Crippen LogP contribution in [0.1, 0.15) is 11.1 Å². The standard InChI is InChI=1S/C18H18ClNO2/c1-20(10-4-6-15-5-2-3-7-16(15)19)12-14-8-9-17-18(11-14)22-13-21-17/h2-9,11H,10,12-13H2,1H3/b6-4+. The smallest absolute Gasteiger partial charge is 0.231 e. The lowest BCUT2D eigenvalue weighted by Gasteiger charge is -2.14. The van der Waals surface area contributed by atoms with Crippen molar-refractivity contribution < 1.29 is 9.47 Å². The maximum atomic E-state index is 6.13. The molecule has 1 heterocycles. The molecule has 114 valence electrons. The fourth-order valence-electron chi connectivity index (χ4n) is 2.39. The van der Waals surface area contributed by atoms with Crippen molar-refractivity contribution in [3.05, 3.63) is 64.7 Å². The van der Waals surface area contributed by atoms with E-state index in [0.29, 0.717) is 6.79 Å². The summed E-state index contributed by atoms with van der Waals surface area (Å²) in [6.07, 6.45) is 4.17. The number of benzene rings is 2. The van der Waals surface area contributed by atoms with Gasteiger partial charge in [0, 0.05) is 18.1 Å². The minimum absolute atomic E-state index is 0.315. The molecule has 0 atom stereocenters. The Bertz CT molecular complexity index is 685. The van der Waals surface area contributed by atoms with Gasteiger partial charge in [-0.05, 0) is 36.4 Å². The summed E-state index contributed by atoms with van der Waals surface area (Å²) in [7, 11) is 2.08. The first-order valence-corrected chi connectivity index (χ1v) is 7.58. The summed E-state index contributed by atoms with van der Waals surface area (Å²) in [6.45, 7) is 2.01. The largest absolute Gasteiger partial charge is 0.454 e. The van der Waals surface area contributed by atoms with E-state index in [9.17, 15) is 0 Å². The second-order valence-corrected chi connectivity index (χ2v) is 5.72. The SMILES string of the molecule is CN(C/C=C/c1ccccc1Cl)Cc1ccc2c(c1)OCO2. The molecule has 4 heteroatoms. The van der Waals surface area contributed by atoms with Crippen molar-refractivity contribution >= 4 is 17.7 Å². The van der Waals surface area contributed by atoms with E-state index in [1.54, 1.807) is 0 Å². The second kappa shape index (κ2) is 6.86. The van der Waals surface area contributed by atoms with Crippen LogP contribution in [-0.4, -0.2) is 25.3 Å². The van der Waals surface area contributed by atoms with Crippen LogP contribution in [0, 0.1) is 0 Å². The normalized spacial score (nSPS) is 13.2. The molecule has 0 saturated carbocycles. The summed E-state index contributed by atoms with van der Waals surface area (Å²) < 4.78 is 10.7. The highest BCUT2D eigenvalue weighted by Gasteiger charge is 2.13. The summed E-state index contributed by atoms with van der Waals surface area (Å²) in [4.78, 5) is 2.23. The summed E-state index contributed by atoms with van der Waals surface area (Å²) >= 11 is 6.13. The third-order valence-electron chi connectivity index (χ3n) is 3.51. The Morgan fingerprint density at radius 1 is 1.14 bits per heavy atom. The number of hydrogen-bond donors (Lipinski definition) is 0. The van der Waals surface area contributed by atoms with E-state index in [4.69, 9.17) is 21.1 Å². The Morgan fingerprint density at radius 3 is 2.82 bits per heavy atom. The van der Waals surface area contributed by atoms with Crippen LogP contribution in [0.5, 0.6) is 11.5 Å². The number of halogens is 1. The Balaban J connectivity index is 1.56. The minimum atomic E-state index is 0.315. The van der Waals surface area contributed by atoms with Gasteiger partial charge in [0.05, 0.1) is 0 Å². The van der Waals surface area contributed by atoms with E-state index in [2.05, 4.69) is 30.2 Å². The minimum Gasteiger partial charge on any atom is -0.454 e. The lowest BCUT2D eigenvalue weighted by molar-refractivity contribution is 0.174. The molecule has 2 aromatic rings. The predicted octanol–water partition coefficient (Wildman–Crippen LogP) is 4.21. The second-order valence-electron chi connectivity index (χ2n) is 5.31. The number of fused-ring (bicyclic) bond motifs is 1. The van der Waals surface area contributed by atoms with Crippen molar-refractivity contribution in [1.29, 1.82) is 0 Å². The molecule has 0 spiro atoms. The number of likely N-dealkylation sites (N-methyl/N-ethyl adjacent to an activating group) is 1. The van der Waals surface area contributed by atoms with Crippen LogP contribution in [-0.2, 0) is 6.54 Å². The van der Waals surface area contributed by atoms with Gasteiger partial charge in [0.2, 0.25) is 6.79 Å². The molecule has 22 heavy (non-hydrogen) atoms. The molecular weight excluding hydrogens is 298 g/mol. The molecule has 0 saturated heterocycles. The Hall–Kier alpha value is -1.97. The van der Waals surface area contributed by atoms with Crippen molar-refractivity contribution in [2.24, 2.45) is 0 Å². The van der Waals surface area contributed by atoms with Crippen LogP contribution in [0.2, 0.25) is 5.02 Å². The fourth-order valence-corrected chi connectivity index (χ4v) is 2.58. The van der Waals surface area contributed by atoms with E-state index >= 15 is 0 Å². The van der Waals surface area contributed by atoms with Gasteiger partial charge in [-0.3, -0.25) is 4.90 Å². The first kappa shape index (κ1) is 14.9. The predicted molar refractivity (Wildman–Crippen MR) is 89.4 cm³/mol. The van der Waals surface area contributed by atoms with Crippen LogP contribution >= 0.6 is 11.6 Å². The van der Waals surface area contributed by atoms with Crippen LogP contribution in [0.15, 0.2) is 48.5 Å². The molecule has 1 aliphatic heterocycles. The molecule has 0 N–H and O–H groups in total. The third-order valence-corrected chi connectivity index (χ3v) is 3.85. The van der Waals surface area contributed by atoms with Crippen molar-refractivity contribution in [3.8, 4) is 11.5 Å². The maximum absolute atomic E-state index is 6.13. The molecule has 0 aromatic heterocycles. The van der Waals surface area contributed by atoms with Crippen molar-refractivity contribution in [3.63, 3.8) is 0 Å². The zero-order valence-electron chi connectivity index (χ0n) is 12.5. The van der Waals surface area contributed by atoms with Crippen LogP contribution in [0.3, 0.4) is 0 Å². The van der Waals surface area contributed by atoms with Gasteiger partial charge in [0.25, 0.3) is 0 Å². The molecule has 0 bridgehead atoms. The van der Waals surface area contributed by atoms with Gasteiger partial charge in [-0.15, -0.1) is 0 Å². The van der Waals surface area contributed by atoms with E-state index in [1.165, 1.54) is 5.56 Å². The number of hydrogen-bond acceptors (Lipinski definition) is 3. The highest BCUT2D eigenvalue weighted by atomic mass is 35.5. The molecule has 0 radical (unpaired) electrons. The van der Waals surface area contributed by atoms with E-state index < -0.39 is 0 Å². The summed E-state index contributed by atoms with van der Waals surface area (Å²) in [5, 5.41) is 0.775. The van der Waals surface area contributed by atoms with Crippen molar-refractivity contribution in [2.75, 3.05) is 20.4 Å². The summed E-state index contributed by atoms with van der Waals surface area (Å²) in [6, 6.07) is 13.9. The lowest BCUT2D eigenvalue weighted by Crippen LogP contribution is -2.17. The zero-order valence-corrected chi connectivity index (χ0v) is 13.2. The van der Waals surface area contributed by atoms with Crippen molar-refractivity contribution in [1.82, 2.24) is 4.90 Å². The Kier molecular flexibility index (Phi) is 4.66. The molecule has 2 aromatic carbocycles. The maximum Gasteiger partial charge on any atom is 0.231 e. The molecular formula is C18H18ClNO2. The molecule has 0 aliphatic carbocycles. The first-order valence-electron chi connectivity index (χ1n) is 7.20. The Labute approximate surface area is 135 Å². The average Bonchev–Trinajstić information content (AvgIpc) is 2.97. The molecule has 0 unspecified atom stereocenters. The van der Waals surface area contributed by atoms with E-state index in [1.807, 2.05) is 36.4 Å². The van der Waals surface area contributed by atoms with Gasteiger partial charge in [-0.2, -0.15) is 0 Å². The van der Waals surface area contributed by atoms with Crippen molar-refractivity contribution in [2.45, 2.75) is 6.54 Å². The fraction of sp³-hybridized carbons (Fsp3) is 0.222. The van der Waals surface area contributed by atoms with Gasteiger partial charge in [0.15, 0.2) is 11.5 Å². The van der Waals surface area contributed by atoms with Gasteiger partial charge in [0.1, 0.15) is 0 Å². The lowest BCUT2D eigenvalue weighted by atomic mass is 10.2. The molecule has 1 aliphatic rings. The van der Waals surface area contributed by atoms with Gasteiger partial charge >= 0.3 is 0 Å². The zero-order chi connectivity index (χ0) is 15.4.